The zero-order valence-electron chi connectivity index (χ0n) is 11.6. The molecule has 1 aliphatic rings. The summed E-state index contributed by atoms with van der Waals surface area (Å²) in [6.45, 7) is 1.65. The zero-order chi connectivity index (χ0) is 14.7. The highest BCUT2D eigenvalue weighted by Crippen LogP contribution is 2.30. The number of halogens is 2. The summed E-state index contributed by atoms with van der Waals surface area (Å²) in [5.74, 6) is 0.743. The van der Waals surface area contributed by atoms with Crippen molar-refractivity contribution >= 4 is 11.6 Å². The molecule has 2 nitrogen and oxygen atoms in total. The maximum atomic E-state index is 12.8. The van der Waals surface area contributed by atoms with Crippen molar-refractivity contribution in [2.75, 3.05) is 13.1 Å². The molecule has 21 heavy (non-hydrogen) atoms. The summed E-state index contributed by atoms with van der Waals surface area (Å²) in [5.41, 5.74) is 2.30. The minimum Gasteiger partial charge on any atom is -0.488 e. The maximum Gasteiger partial charge on any atom is 0.123 e. The van der Waals surface area contributed by atoms with Gasteiger partial charge in [0.1, 0.15) is 17.7 Å². The van der Waals surface area contributed by atoms with Gasteiger partial charge < -0.3 is 10.1 Å². The van der Waals surface area contributed by atoms with E-state index in [1.165, 1.54) is 17.7 Å². The van der Waals surface area contributed by atoms with Gasteiger partial charge in [0.15, 0.2) is 0 Å². The smallest absolute Gasteiger partial charge is 0.123 e. The van der Waals surface area contributed by atoms with Gasteiger partial charge in [0.2, 0.25) is 0 Å². The summed E-state index contributed by atoms with van der Waals surface area (Å²) in [4.78, 5) is 0. The Balaban J connectivity index is 1.42. The number of rotatable bonds is 5. The SMILES string of the molecule is Fc1ccc(CCNCC2Cc3cc(Cl)ccc3O2)cc1. The van der Waals surface area contributed by atoms with E-state index in [-0.39, 0.29) is 11.9 Å². The third-order valence-corrected chi connectivity index (χ3v) is 3.87. The van der Waals surface area contributed by atoms with Crippen molar-refractivity contribution in [3.8, 4) is 5.75 Å². The molecular formula is C17H17ClFNO. The molecule has 110 valence electrons. The van der Waals surface area contributed by atoms with E-state index in [9.17, 15) is 4.39 Å². The average Bonchev–Trinajstić information content (AvgIpc) is 2.87. The van der Waals surface area contributed by atoms with Gasteiger partial charge in [-0.2, -0.15) is 0 Å². The van der Waals surface area contributed by atoms with Gasteiger partial charge >= 0.3 is 0 Å². The minimum atomic E-state index is -0.192. The highest BCUT2D eigenvalue weighted by Gasteiger charge is 2.22. The van der Waals surface area contributed by atoms with E-state index in [1.807, 2.05) is 30.3 Å². The molecule has 0 fully saturated rings. The van der Waals surface area contributed by atoms with E-state index in [1.54, 1.807) is 0 Å². The van der Waals surface area contributed by atoms with Crippen molar-refractivity contribution in [1.82, 2.24) is 5.32 Å². The molecule has 2 aromatic carbocycles. The van der Waals surface area contributed by atoms with E-state index >= 15 is 0 Å². The Kier molecular flexibility index (Phi) is 4.42. The molecule has 1 N–H and O–H groups in total. The third-order valence-electron chi connectivity index (χ3n) is 3.64. The first-order chi connectivity index (χ1) is 10.2. The topological polar surface area (TPSA) is 21.3 Å². The molecule has 2 aromatic rings. The summed E-state index contributed by atoms with van der Waals surface area (Å²) in [7, 11) is 0. The molecule has 0 saturated heterocycles. The highest BCUT2D eigenvalue weighted by molar-refractivity contribution is 6.30. The summed E-state index contributed by atoms with van der Waals surface area (Å²) in [6, 6.07) is 12.4. The Morgan fingerprint density at radius 3 is 2.81 bits per heavy atom. The lowest BCUT2D eigenvalue weighted by Crippen LogP contribution is -2.31. The average molecular weight is 306 g/mol. The fourth-order valence-electron chi connectivity index (χ4n) is 2.55. The maximum absolute atomic E-state index is 12.8. The lowest BCUT2D eigenvalue weighted by Gasteiger charge is -2.11. The fraction of sp³-hybridized carbons (Fsp3) is 0.294. The predicted octanol–water partition coefficient (Wildman–Crippen LogP) is 3.61. The van der Waals surface area contributed by atoms with Gasteiger partial charge in [-0.1, -0.05) is 23.7 Å². The quantitative estimate of drug-likeness (QED) is 0.852. The van der Waals surface area contributed by atoms with Crippen molar-refractivity contribution in [1.29, 1.82) is 0 Å². The first kappa shape index (κ1) is 14.4. The molecule has 0 aliphatic carbocycles. The molecule has 1 aliphatic heterocycles. The second-order valence-corrected chi connectivity index (χ2v) is 5.71. The molecule has 4 heteroatoms. The van der Waals surface area contributed by atoms with Crippen LogP contribution in [0, 0.1) is 5.82 Å². The van der Waals surface area contributed by atoms with E-state index in [2.05, 4.69) is 5.32 Å². The van der Waals surface area contributed by atoms with Crippen molar-refractivity contribution in [2.45, 2.75) is 18.9 Å². The van der Waals surface area contributed by atoms with Crippen LogP contribution in [0.2, 0.25) is 5.02 Å². The van der Waals surface area contributed by atoms with Crippen LogP contribution in [0.3, 0.4) is 0 Å². The molecule has 0 radical (unpaired) electrons. The van der Waals surface area contributed by atoms with Gasteiger partial charge in [0, 0.05) is 18.0 Å². The largest absolute Gasteiger partial charge is 0.488 e. The molecular weight excluding hydrogens is 289 g/mol. The number of benzene rings is 2. The molecule has 3 rings (SSSR count). The van der Waals surface area contributed by atoms with Crippen LogP contribution in [-0.4, -0.2) is 19.2 Å². The lowest BCUT2D eigenvalue weighted by molar-refractivity contribution is 0.228. The summed E-state index contributed by atoms with van der Waals surface area (Å²) < 4.78 is 18.7. The van der Waals surface area contributed by atoms with Crippen LogP contribution >= 0.6 is 11.6 Å². The number of hydrogen-bond donors (Lipinski definition) is 1. The van der Waals surface area contributed by atoms with Crippen molar-refractivity contribution < 1.29 is 9.13 Å². The standard InChI is InChI=1S/C17H17ClFNO/c18-14-3-6-17-13(9-14)10-16(21-17)11-20-8-7-12-1-4-15(19)5-2-12/h1-6,9,16,20H,7-8,10-11H2. The monoisotopic (exact) mass is 305 g/mol. The third kappa shape index (κ3) is 3.74. The van der Waals surface area contributed by atoms with Gasteiger partial charge in [-0.05, 0) is 54.4 Å². The van der Waals surface area contributed by atoms with Crippen LogP contribution in [0.25, 0.3) is 0 Å². The second-order valence-electron chi connectivity index (χ2n) is 5.28. The first-order valence-electron chi connectivity index (χ1n) is 7.11. The zero-order valence-corrected chi connectivity index (χ0v) is 12.4. The molecule has 1 heterocycles. The van der Waals surface area contributed by atoms with Crippen LogP contribution in [0.5, 0.6) is 5.75 Å². The van der Waals surface area contributed by atoms with E-state index < -0.39 is 0 Å². The molecule has 0 spiro atoms. The lowest BCUT2D eigenvalue weighted by atomic mass is 10.1. The highest BCUT2D eigenvalue weighted by atomic mass is 35.5. The number of ether oxygens (including phenoxy) is 1. The second kappa shape index (κ2) is 6.46. The van der Waals surface area contributed by atoms with E-state index in [0.717, 1.165) is 42.3 Å². The predicted molar refractivity (Wildman–Crippen MR) is 82.5 cm³/mol. The molecule has 0 aromatic heterocycles. The number of nitrogens with one attached hydrogen (secondary N) is 1. The van der Waals surface area contributed by atoms with Gasteiger partial charge in [-0.15, -0.1) is 0 Å². The van der Waals surface area contributed by atoms with E-state index in [4.69, 9.17) is 16.3 Å². The van der Waals surface area contributed by atoms with Crippen LogP contribution in [0.15, 0.2) is 42.5 Å². The summed E-state index contributed by atoms with van der Waals surface area (Å²) in [6.07, 6.45) is 1.93. The molecule has 0 saturated carbocycles. The Labute approximate surface area is 128 Å². The van der Waals surface area contributed by atoms with Gasteiger partial charge in [0.25, 0.3) is 0 Å². The molecule has 1 atom stereocenters. The molecule has 1 unspecified atom stereocenters. The normalized spacial score (nSPS) is 16.6. The van der Waals surface area contributed by atoms with Gasteiger partial charge in [0.05, 0.1) is 0 Å². The molecule has 0 amide bonds. The first-order valence-corrected chi connectivity index (χ1v) is 7.49. The fourth-order valence-corrected chi connectivity index (χ4v) is 2.74. The van der Waals surface area contributed by atoms with Gasteiger partial charge in [-0.25, -0.2) is 4.39 Å². The van der Waals surface area contributed by atoms with E-state index in [0.29, 0.717) is 0 Å². The van der Waals surface area contributed by atoms with Crippen molar-refractivity contribution in [3.63, 3.8) is 0 Å². The summed E-state index contributed by atoms with van der Waals surface area (Å²) >= 11 is 5.98. The van der Waals surface area contributed by atoms with Crippen LogP contribution in [0.1, 0.15) is 11.1 Å². The Morgan fingerprint density at radius 2 is 2.00 bits per heavy atom. The van der Waals surface area contributed by atoms with Crippen molar-refractivity contribution in [2.24, 2.45) is 0 Å². The minimum absolute atomic E-state index is 0.159. The molecule has 0 bridgehead atoms. The Morgan fingerprint density at radius 1 is 1.19 bits per heavy atom. The Hall–Kier alpha value is -1.58. The van der Waals surface area contributed by atoms with Crippen LogP contribution < -0.4 is 10.1 Å². The van der Waals surface area contributed by atoms with Crippen LogP contribution in [-0.2, 0) is 12.8 Å². The number of hydrogen-bond acceptors (Lipinski definition) is 2. The van der Waals surface area contributed by atoms with Crippen molar-refractivity contribution in [3.05, 3.63) is 64.4 Å². The van der Waals surface area contributed by atoms with Gasteiger partial charge in [-0.3, -0.25) is 0 Å². The summed E-state index contributed by atoms with van der Waals surface area (Å²) in [5, 5.41) is 4.14. The number of fused-ring (bicyclic) bond motifs is 1. The van der Waals surface area contributed by atoms with Crippen LogP contribution in [0.4, 0.5) is 4.39 Å². The Bertz CT molecular complexity index is 615.